The van der Waals surface area contributed by atoms with Crippen LogP contribution in [0.5, 0.6) is 6.08 Å². The van der Waals surface area contributed by atoms with Gasteiger partial charge in [0.05, 0.1) is 5.41 Å². The van der Waals surface area contributed by atoms with Gasteiger partial charge in [0.2, 0.25) is 0 Å². The number of rotatable bonds is 6. The quantitative estimate of drug-likeness (QED) is 0.694. The Morgan fingerprint density at radius 3 is 2.44 bits per heavy atom. The highest BCUT2D eigenvalue weighted by Crippen LogP contribution is 2.38. The van der Waals surface area contributed by atoms with Crippen molar-refractivity contribution < 1.29 is 9.63 Å². The monoisotopic (exact) mass is 341 g/mol. The summed E-state index contributed by atoms with van der Waals surface area (Å²) >= 11 is 0. The zero-order valence-electron chi connectivity index (χ0n) is 14.6. The van der Waals surface area contributed by atoms with E-state index in [-0.39, 0.29) is 11.7 Å². The molecule has 0 radical (unpaired) electrons. The lowest BCUT2D eigenvalue weighted by atomic mass is 9.72. The summed E-state index contributed by atoms with van der Waals surface area (Å²) in [6.45, 7) is 9.66. The van der Waals surface area contributed by atoms with Gasteiger partial charge in [0.15, 0.2) is 5.82 Å². The number of benzene rings is 1. The van der Waals surface area contributed by atoms with Gasteiger partial charge in [0.1, 0.15) is 5.82 Å². The fourth-order valence-corrected chi connectivity index (χ4v) is 2.52. The molecule has 0 fully saturated rings. The van der Waals surface area contributed by atoms with Gasteiger partial charge in [-0.05, 0) is 24.0 Å². The molecule has 2 aromatic rings. The van der Waals surface area contributed by atoms with E-state index < -0.39 is 11.5 Å². The summed E-state index contributed by atoms with van der Waals surface area (Å²) in [5.74, 6) is 0.811. The van der Waals surface area contributed by atoms with Crippen LogP contribution < -0.4 is 11.5 Å². The second-order valence-electron chi connectivity index (χ2n) is 6.21. The van der Waals surface area contributed by atoms with Crippen LogP contribution in [0, 0.1) is 5.92 Å². The smallest absolute Gasteiger partial charge is 0.414 e. The highest BCUT2D eigenvalue weighted by molar-refractivity contribution is 6.09. The molecule has 0 spiro atoms. The van der Waals surface area contributed by atoms with Gasteiger partial charge in [-0.1, -0.05) is 49.8 Å². The fourth-order valence-electron chi connectivity index (χ4n) is 2.52. The minimum atomic E-state index is -0.519. The topological polar surface area (TPSA) is 124 Å². The van der Waals surface area contributed by atoms with Gasteiger partial charge < -0.3 is 16.6 Å². The summed E-state index contributed by atoms with van der Waals surface area (Å²) in [6.07, 6.45) is 2.58. The van der Waals surface area contributed by atoms with E-state index in [1.807, 2.05) is 31.2 Å². The SMILES string of the molecule is C=C(N)/N=C\C(=C/N)c1ccc(C(C)(c2noc(O)n2)C(C)C)cc1. The lowest BCUT2D eigenvalue weighted by Gasteiger charge is -2.31. The van der Waals surface area contributed by atoms with E-state index in [0.29, 0.717) is 5.82 Å². The van der Waals surface area contributed by atoms with Crippen molar-refractivity contribution >= 4 is 11.8 Å². The molecule has 0 aliphatic heterocycles. The molecule has 1 heterocycles. The van der Waals surface area contributed by atoms with Crippen LogP contribution in [-0.2, 0) is 5.41 Å². The molecule has 0 aliphatic rings. The average Bonchev–Trinajstić information content (AvgIpc) is 3.01. The molecule has 7 nitrogen and oxygen atoms in total. The molecule has 25 heavy (non-hydrogen) atoms. The summed E-state index contributed by atoms with van der Waals surface area (Å²) in [5, 5.41) is 13.3. The highest BCUT2D eigenvalue weighted by atomic mass is 16.6. The van der Waals surface area contributed by atoms with E-state index in [2.05, 4.69) is 35.6 Å². The van der Waals surface area contributed by atoms with Crippen molar-refractivity contribution in [2.75, 3.05) is 0 Å². The summed E-state index contributed by atoms with van der Waals surface area (Å²) in [5.41, 5.74) is 13.2. The van der Waals surface area contributed by atoms with Gasteiger partial charge in [0.25, 0.3) is 0 Å². The molecule has 2 rings (SSSR count). The Morgan fingerprint density at radius 2 is 2.00 bits per heavy atom. The first-order valence-electron chi connectivity index (χ1n) is 7.83. The molecular formula is C18H23N5O2. The van der Waals surface area contributed by atoms with E-state index in [0.717, 1.165) is 16.7 Å². The predicted octanol–water partition coefficient (Wildman–Crippen LogP) is 2.54. The van der Waals surface area contributed by atoms with Gasteiger partial charge in [-0.3, -0.25) is 4.52 Å². The summed E-state index contributed by atoms with van der Waals surface area (Å²) < 4.78 is 4.75. The Kier molecular flexibility index (Phi) is 5.26. The third-order valence-corrected chi connectivity index (χ3v) is 4.40. The Balaban J connectivity index is 2.41. The molecule has 7 heteroatoms. The molecule has 1 unspecified atom stereocenters. The van der Waals surface area contributed by atoms with Crippen molar-refractivity contribution in [3.63, 3.8) is 0 Å². The van der Waals surface area contributed by atoms with Crippen LogP contribution in [0.3, 0.4) is 0 Å². The number of aromatic hydroxyl groups is 1. The number of nitrogens with two attached hydrogens (primary N) is 2. The number of hydrogen-bond donors (Lipinski definition) is 3. The molecule has 1 aromatic heterocycles. The molecule has 0 aliphatic carbocycles. The zero-order valence-corrected chi connectivity index (χ0v) is 14.6. The van der Waals surface area contributed by atoms with Gasteiger partial charge in [0, 0.05) is 18.0 Å². The average molecular weight is 341 g/mol. The number of aromatic nitrogens is 2. The van der Waals surface area contributed by atoms with Crippen LogP contribution in [0.1, 0.15) is 37.7 Å². The Bertz CT molecular complexity index is 805. The van der Waals surface area contributed by atoms with Crippen molar-refractivity contribution in [3.8, 4) is 6.08 Å². The molecule has 132 valence electrons. The maximum absolute atomic E-state index is 9.40. The maximum atomic E-state index is 9.40. The summed E-state index contributed by atoms with van der Waals surface area (Å²) in [4.78, 5) is 7.98. The van der Waals surface area contributed by atoms with Gasteiger partial charge in [-0.2, -0.15) is 4.98 Å². The summed E-state index contributed by atoms with van der Waals surface area (Å²) in [6, 6.07) is 7.80. The molecule has 0 saturated heterocycles. The van der Waals surface area contributed by atoms with Crippen LogP contribution in [0.4, 0.5) is 0 Å². The van der Waals surface area contributed by atoms with E-state index in [1.54, 1.807) is 6.21 Å². The number of allylic oxidation sites excluding steroid dienone is 1. The fraction of sp³-hybridized carbons (Fsp3) is 0.278. The first-order valence-corrected chi connectivity index (χ1v) is 7.83. The molecule has 0 bridgehead atoms. The lowest BCUT2D eigenvalue weighted by Crippen LogP contribution is -2.31. The van der Waals surface area contributed by atoms with Crippen molar-refractivity contribution in [1.29, 1.82) is 0 Å². The van der Waals surface area contributed by atoms with Gasteiger partial charge in [-0.15, -0.1) is 0 Å². The van der Waals surface area contributed by atoms with E-state index in [9.17, 15) is 5.11 Å². The Morgan fingerprint density at radius 1 is 1.36 bits per heavy atom. The lowest BCUT2D eigenvalue weighted by molar-refractivity contribution is 0.263. The molecular weight excluding hydrogens is 318 g/mol. The number of nitrogens with zero attached hydrogens (tertiary/aromatic N) is 3. The Labute approximate surface area is 146 Å². The van der Waals surface area contributed by atoms with Crippen LogP contribution >= 0.6 is 0 Å². The van der Waals surface area contributed by atoms with Crippen LogP contribution in [-0.4, -0.2) is 21.5 Å². The van der Waals surface area contributed by atoms with Gasteiger partial charge >= 0.3 is 6.08 Å². The number of aliphatic imine (C=N–C) groups is 1. The van der Waals surface area contributed by atoms with Crippen LogP contribution in [0.15, 0.2) is 52.4 Å². The predicted molar refractivity (Wildman–Crippen MR) is 97.7 cm³/mol. The Hall–Kier alpha value is -3.09. The van der Waals surface area contributed by atoms with Crippen molar-refractivity contribution in [2.45, 2.75) is 26.2 Å². The van der Waals surface area contributed by atoms with E-state index in [1.165, 1.54) is 6.20 Å². The first kappa shape index (κ1) is 18.3. The second kappa shape index (κ2) is 7.21. The van der Waals surface area contributed by atoms with Crippen molar-refractivity contribution in [3.05, 3.63) is 59.8 Å². The molecule has 5 N–H and O–H groups in total. The van der Waals surface area contributed by atoms with Gasteiger partial charge in [-0.25, -0.2) is 4.99 Å². The molecule has 1 aromatic carbocycles. The third-order valence-electron chi connectivity index (χ3n) is 4.40. The second-order valence-corrected chi connectivity index (χ2v) is 6.21. The first-order chi connectivity index (χ1) is 11.8. The minimum Gasteiger partial charge on any atom is -0.464 e. The normalized spacial score (nSPS) is 14.8. The zero-order chi connectivity index (χ0) is 18.6. The van der Waals surface area contributed by atoms with Crippen LogP contribution in [0.2, 0.25) is 0 Å². The minimum absolute atomic E-state index is 0.169. The highest BCUT2D eigenvalue weighted by Gasteiger charge is 2.37. The summed E-state index contributed by atoms with van der Waals surface area (Å²) in [7, 11) is 0. The standard InChI is InChI=1S/C18H23N5O2/c1-11(2)18(4,16-22-17(24)25-23-16)15-7-5-13(6-8-15)14(9-19)10-21-12(3)20/h5-11H,3,19-20H2,1-2,4H3,(H,22,23,24)/b14-9+,21-10-. The maximum Gasteiger partial charge on any atom is 0.414 e. The third kappa shape index (κ3) is 3.71. The van der Waals surface area contributed by atoms with Crippen LogP contribution in [0.25, 0.3) is 5.57 Å². The molecule has 0 saturated carbocycles. The number of hydrogen-bond acceptors (Lipinski definition) is 7. The molecule has 1 atom stereocenters. The van der Waals surface area contributed by atoms with E-state index >= 15 is 0 Å². The largest absolute Gasteiger partial charge is 0.464 e. The van der Waals surface area contributed by atoms with Crippen molar-refractivity contribution in [1.82, 2.24) is 10.1 Å². The molecule has 0 amide bonds. The van der Waals surface area contributed by atoms with E-state index in [4.69, 9.17) is 16.0 Å². The van der Waals surface area contributed by atoms with Crippen molar-refractivity contribution in [2.24, 2.45) is 22.4 Å².